The molecule has 1 amide bonds. The van der Waals surface area contributed by atoms with E-state index in [2.05, 4.69) is 5.32 Å². The van der Waals surface area contributed by atoms with Gasteiger partial charge in [0.1, 0.15) is 12.4 Å². The van der Waals surface area contributed by atoms with E-state index in [9.17, 15) is 13.6 Å². The first kappa shape index (κ1) is 17.0. The lowest BCUT2D eigenvalue weighted by molar-refractivity contribution is -0.137. The summed E-state index contributed by atoms with van der Waals surface area (Å²) in [7, 11) is 0. The number of alkyl halides is 1. The number of nitrogens with one attached hydrogen (secondary N) is 1. The minimum atomic E-state index is -0.635. The zero-order valence-electron chi connectivity index (χ0n) is 12.9. The maximum atomic E-state index is 13.4. The predicted octanol–water partition coefficient (Wildman–Crippen LogP) is 3.65. The minimum Gasteiger partial charge on any atom is -0.488 e. The number of hydrogen-bond acceptors (Lipinski definition) is 2. The lowest BCUT2D eigenvalue weighted by Crippen LogP contribution is -2.55. The summed E-state index contributed by atoms with van der Waals surface area (Å²) in [5.41, 5.74) is -0.477. The van der Waals surface area contributed by atoms with E-state index in [4.69, 9.17) is 16.3 Å². The standard InChI is InChI=1S/C16H20ClF2NO2/c1-10(7-22-13-6-11(18)4-5-12(13)19)20-14(21)15(2)8-16(3,17)9-15/h4-6,10H,7-9H2,1-3H3,(H,20,21)/t10-,15?,16?/m1/s1. The number of halogens is 3. The lowest BCUT2D eigenvalue weighted by atomic mass is 9.62. The first-order valence-electron chi connectivity index (χ1n) is 7.19. The fourth-order valence-corrected chi connectivity index (χ4v) is 3.57. The van der Waals surface area contributed by atoms with E-state index < -0.39 is 17.0 Å². The Morgan fingerprint density at radius 3 is 2.64 bits per heavy atom. The predicted molar refractivity (Wildman–Crippen MR) is 81.1 cm³/mol. The first-order chi connectivity index (χ1) is 10.1. The number of amides is 1. The molecule has 0 spiro atoms. The largest absolute Gasteiger partial charge is 0.488 e. The van der Waals surface area contributed by atoms with Gasteiger partial charge in [0.05, 0.1) is 6.04 Å². The van der Waals surface area contributed by atoms with Crippen molar-refractivity contribution >= 4 is 17.5 Å². The molecule has 2 rings (SSSR count). The zero-order chi connectivity index (χ0) is 16.5. The van der Waals surface area contributed by atoms with Crippen LogP contribution < -0.4 is 10.1 Å². The number of carbonyl (C=O) groups excluding carboxylic acids is 1. The van der Waals surface area contributed by atoms with Crippen LogP contribution in [0.2, 0.25) is 0 Å². The second-order valence-corrected chi connectivity index (χ2v) is 7.50. The summed E-state index contributed by atoms with van der Waals surface area (Å²) < 4.78 is 31.7. The van der Waals surface area contributed by atoms with Crippen LogP contribution in [-0.2, 0) is 4.79 Å². The van der Waals surface area contributed by atoms with Crippen molar-refractivity contribution in [3.8, 4) is 5.75 Å². The van der Waals surface area contributed by atoms with Gasteiger partial charge in [0, 0.05) is 16.4 Å². The van der Waals surface area contributed by atoms with Gasteiger partial charge in [-0.1, -0.05) is 6.92 Å². The summed E-state index contributed by atoms with van der Waals surface area (Å²) in [5, 5.41) is 2.83. The maximum absolute atomic E-state index is 13.4. The number of carbonyl (C=O) groups is 1. The summed E-state index contributed by atoms with van der Waals surface area (Å²) in [5.74, 6) is -1.47. The molecular weight excluding hydrogens is 312 g/mol. The van der Waals surface area contributed by atoms with Crippen molar-refractivity contribution in [3.63, 3.8) is 0 Å². The summed E-state index contributed by atoms with van der Waals surface area (Å²) >= 11 is 6.16. The Morgan fingerprint density at radius 2 is 2.05 bits per heavy atom. The minimum absolute atomic E-state index is 0.0559. The number of benzene rings is 1. The van der Waals surface area contributed by atoms with Gasteiger partial charge in [0.15, 0.2) is 11.6 Å². The molecule has 22 heavy (non-hydrogen) atoms. The van der Waals surface area contributed by atoms with Crippen molar-refractivity contribution in [2.75, 3.05) is 6.61 Å². The van der Waals surface area contributed by atoms with Crippen molar-refractivity contribution in [1.82, 2.24) is 5.32 Å². The van der Waals surface area contributed by atoms with Gasteiger partial charge in [-0.3, -0.25) is 4.79 Å². The molecule has 0 heterocycles. The highest BCUT2D eigenvalue weighted by Gasteiger charge is 2.52. The molecule has 3 nitrogen and oxygen atoms in total. The van der Waals surface area contributed by atoms with E-state index in [0.717, 1.165) is 18.2 Å². The van der Waals surface area contributed by atoms with Crippen LogP contribution in [0.5, 0.6) is 5.75 Å². The van der Waals surface area contributed by atoms with Crippen LogP contribution in [0.15, 0.2) is 18.2 Å². The summed E-state index contributed by atoms with van der Waals surface area (Å²) in [6.07, 6.45) is 1.22. The van der Waals surface area contributed by atoms with Gasteiger partial charge in [-0.05, 0) is 38.8 Å². The van der Waals surface area contributed by atoms with Crippen LogP contribution in [0.25, 0.3) is 0 Å². The van der Waals surface area contributed by atoms with Crippen LogP contribution in [0, 0.1) is 17.0 Å². The monoisotopic (exact) mass is 331 g/mol. The van der Waals surface area contributed by atoms with Gasteiger partial charge in [0.2, 0.25) is 5.91 Å². The summed E-state index contributed by atoms with van der Waals surface area (Å²) in [4.78, 5) is 11.9. The first-order valence-corrected chi connectivity index (χ1v) is 7.57. The maximum Gasteiger partial charge on any atom is 0.226 e. The van der Waals surface area contributed by atoms with E-state index in [0.29, 0.717) is 12.8 Å². The van der Waals surface area contributed by atoms with Crippen LogP contribution in [0.3, 0.4) is 0 Å². The van der Waals surface area contributed by atoms with Crippen molar-refractivity contribution in [2.24, 2.45) is 5.41 Å². The van der Waals surface area contributed by atoms with E-state index in [1.54, 1.807) is 6.92 Å². The molecule has 6 heteroatoms. The Morgan fingerprint density at radius 1 is 1.41 bits per heavy atom. The van der Waals surface area contributed by atoms with E-state index in [-0.39, 0.29) is 29.2 Å². The van der Waals surface area contributed by atoms with E-state index in [1.807, 2.05) is 13.8 Å². The molecule has 0 aliphatic heterocycles. The molecule has 1 fully saturated rings. The molecule has 1 saturated carbocycles. The Bertz CT molecular complexity index is 569. The molecule has 1 aliphatic rings. The molecule has 0 unspecified atom stereocenters. The third-order valence-corrected chi connectivity index (χ3v) is 4.09. The van der Waals surface area contributed by atoms with Crippen LogP contribution >= 0.6 is 11.6 Å². The highest BCUT2D eigenvalue weighted by atomic mass is 35.5. The molecule has 0 bridgehead atoms. The van der Waals surface area contributed by atoms with Gasteiger partial charge in [-0.25, -0.2) is 8.78 Å². The Hall–Kier alpha value is -1.36. The highest BCUT2D eigenvalue weighted by Crippen LogP contribution is 2.52. The molecule has 1 aromatic rings. The smallest absolute Gasteiger partial charge is 0.226 e. The normalized spacial score (nSPS) is 28.6. The molecular formula is C16H20ClF2NO2. The second-order valence-electron chi connectivity index (χ2n) is 6.59. The van der Waals surface area contributed by atoms with Crippen molar-refractivity contribution in [3.05, 3.63) is 29.8 Å². The van der Waals surface area contributed by atoms with Crippen LogP contribution in [-0.4, -0.2) is 23.4 Å². The molecule has 1 atom stereocenters. The fraction of sp³-hybridized carbons (Fsp3) is 0.562. The van der Waals surface area contributed by atoms with Crippen molar-refractivity contribution < 1.29 is 18.3 Å². The average molecular weight is 332 g/mol. The Kier molecular flexibility index (Phi) is 4.66. The molecule has 0 radical (unpaired) electrons. The van der Waals surface area contributed by atoms with Gasteiger partial charge < -0.3 is 10.1 Å². The molecule has 0 aromatic heterocycles. The van der Waals surface area contributed by atoms with Crippen molar-refractivity contribution in [2.45, 2.75) is 44.5 Å². The fourth-order valence-electron chi connectivity index (χ4n) is 2.98. The zero-order valence-corrected chi connectivity index (χ0v) is 13.6. The molecule has 1 N–H and O–H groups in total. The molecule has 0 saturated heterocycles. The van der Waals surface area contributed by atoms with Gasteiger partial charge >= 0.3 is 0 Å². The van der Waals surface area contributed by atoms with Gasteiger partial charge in [-0.2, -0.15) is 0 Å². The third-order valence-electron chi connectivity index (χ3n) is 3.83. The number of hydrogen-bond donors (Lipinski definition) is 1. The number of ether oxygens (including phenoxy) is 1. The quantitative estimate of drug-likeness (QED) is 0.836. The van der Waals surface area contributed by atoms with Gasteiger partial charge in [0.25, 0.3) is 0 Å². The highest BCUT2D eigenvalue weighted by molar-refractivity contribution is 6.25. The van der Waals surface area contributed by atoms with Gasteiger partial charge in [-0.15, -0.1) is 11.6 Å². The van der Waals surface area contributed by atoms with Crippen LogP contribution in [0.4, 0.5) is 8.78 Å². The number of rotatable bonds is 5. The van der Waals surface area contributed by atoms with Crippen LogP contribution in [0.1, 0.15) is 33.6 Å². The molecule has 1 aromatic carbocycles. The molecule has 1 aliphatic carbocycles. The van der Waals surface area contributed by atoms with Crippen molar-refractivity contribution in [1.29, 1.82) is 0 Å². The summed E-state index contributed by atoms with van der Waals surface area (Å²) in [6, 6.07) is 2.68. The lowest BCUT2D eigenvalue weighted by Gasteiger charge is -2.48. The average Bonchev–Trinajstić information content (AvgIpc) is 2.37. The Labute approximate surface area is 134 Å². The molecule has 122 valence electrons. The Balaban J connectivity index is 1.84. The second kappa shape index (κ2) is 6.03. The third kappa shape index (κ3) is 3.88. The SMILES string of the molecule is C[C@H](COc1cc(F)ccc1F)NC(=O)C1(C)CC(C)(Cl)C1. The topological polar surface area (TPSA) is 38.3 Å². The summed E-state index contributed by atoms with van der Waals surface area (Å²) in [6.45, 7) is 5.58. The van der Waals surface area contributed by atoms with E-state index in [1.165, 1.54) is 0 Å². The van der Waals surface area contributed by atoms with E-state index >= 15 is 0 Å².